The van der Waals surface area contributed by atoms with Gasteiger partial charge < -0.3 is 19.7 Å². The second-order valence-corrected chi connectivity index (χ2v) is 6.67. The number of phenols is 1. The predicted molar refractivity (Wildman–Crippen MR) is 113 cm³/mol. The number of amides is 2. The molecule has 32 heavy (non-hydrogen) atoms. The molecule has 0 saturated heterocycles. The van der Waals surface area contributed by atoms with Crippen LogP contribution in [0, 0.1) is 5.82 Å². The van der Waals surface area contributed by atoms with E-state index in [-0.39, 0.29) is 30.6 Å². The molecule has 0 bridgehead atoms. The number of carbonyl (C=O) groups is 3. The minimum Gasteiger partial charge on any atom is -0.505 e. The zero-order valence-electron chi connectivity index (χ0n) is 17.4. The third kappa shape index (κ3) is 7.51. The van der Waals surface area contributed by atoms with Crippen molar-refractivity contribution in [3.63, 3.8) is 0 Å². The maximum atomic E-state index is 14.0. The van der Waals surface area contributed by atoms with E-state index < -0.39 is 41.7 Å². The molecule has 0 aliphatic carbocycles. The fourth-order valence-electron chi connectivity index (χ4n) is 2.94. The molecule has 0 fully saturated rings. The largest absolute Gasteiger partial charge is 0.505 e. The van der Waals surface area contributed by atoms with Gasteiger partial charge in [0.1, 0.15) is 0 Å². The monoisotopic (exact) mass is 445 g/mol. The van der Waals surface area contributed by atoms with Gasteiger partial charge in [-0.25, -0.2) is 14.0 Å². The average Bonchev–Trinajstić information content (AvgIpc) is 2.76. The Kier molecular flexibility index (Phi) is 9.37. The van der Waals surface area contributed by atoms with E-state index in [1.807, 2.05) is 0 Å². The summed E-state index contributed by atoms with van der Waals surface area (Å²) in [6, 6.07) is 11.5. The van der Waals surface area contributed by atoms with Crippen molar-refractivity contribution in [3.05, 3.63) is 77.6 Å². The molecule has 0 aromatic heterocycles. The minimum absolute atomic E-state index is 0.197. The molecule has 0 spiro atoms. The van der Waals surface area contributed by atoms with Gasteiger partial charge in [-0.2, -0.15) is 0 Å². The normalized spacial score (nSPS) is 12.8. The fraction of sp³-hybridized carbons (Fsp3) is 0.261. The quantitative estimate of drug-likeness (QED) is 0.473. The van der Waals surface area contributed by atoms with Crippen LogP contribution < -0.4 is 5.32 Å². The van der Waals surface area contributed by atoms with Crippen molar-refractivity contribution in [2.45, 2.75) is 32.0 Å². The Bertz CT molecular complexity index is 962. The standard InChI is InChI=1S/C23H24FNO7/c1-2-31-19(10-6-7-11-20(27)28)21(16-12-13-18(26)17(24)14-16)32-23(30)25-22(29)15-8-4-3-5-9-15/h3-5,7-9,11-14,19,21,26H,2,6,10H2,1H3,(H,27,28)(H,25,29,30)/b11-7+/t19-,21-/m1/s1. The first-order valence-electron chi connectivity index (χ1n) is 9.88. The molecule has 0 aliphatic rings. The molecule has 8 nitrogen and oxygen atoms in total. The fourth-order valence-corrected chi connectivity index (χ4v) is 2.94. The number of ether oxygens (including phenoxy) is 2. The highest BCUT2D eigenvalue weighted by Crippen LogP contribution is 2.30. The molecule has 2 aromatic rings. The summed E-state index contributed by atoms with van der Waals surface area (Å²) in [7, 11) is 0. The molecule has 0 radical (unpaired) electrons. The summed E-state index contributed by atoms with van der Waals surface area (Å²) in [5, 5.41) is 20.3. The molecule has 0 saturated carbocycles. The van der Waals surface area contributed by atoms with Gasteiger partial charge in [-0.1, -0.05) is 30.3 Å². The van der Waals surface area contributed by atoms with E-state index in [0.29, 0.717) is 0 Å². The third-order valence-electron chi connectivity index (χ3n) is 4.38. The van der Waals surface area contributed by atoms with Crippen LogP contribution in [0.1, 0.15) is 41.8 Å². The highest BCUT2D eigenvalue weighted by molar-refractivity contribution is 6.02. The summed E-state index contributed by atoms with van der Waals surface area (Å²) < 4.78 is 25.1. The van der Waals surface area contributed by atoms with Crippen molar-refractivity contribution in [2.75, 3.05) is 6.61 Å². The molecule has 2 atom stereocenters. The number of aromatic hydroxyl groups is 1. The Morgan fingerprint density at radius 3 is 2.50 bits per heavy atom. The number of phenolic OH excluding ortho intramolecular Hbond substituents is 1. The summed E-state index contributed by atoms with van der Waals surface area (Å²) in [6.45, 7) is 1.95. The van der Waals surface area contributed by atoms with Gasteiger partial charge >= 0.3 is 12.1 Å². The molecule has 9 heteroatoms. The maximum Gasteiger partial charge on any atom is 0.414 e. The molecular formula is C23H24FNO7. The average molecular weight is 445 g/mol. The number of rotatable bonds is 10. The van der Waals surface area contributed by atoms with Gasteiger partial charge in [-0.05, 0) is 49.6 Å². The van der Waals surface area contributed by atoms with E-state index in [2.05, 4.69) is 5.32 Å². The van der Waals surface area contributed by atoms with Crippen LogP contribution in [0.2, 0.25) is 0 Å². The minimum atomic E-state index is -1.13. The van der Waals surface area contributed by atoms with Crippen molar-refractivity contribution in [3.8, 4) is 5.75 Å². The Labute approximate surface area is 184 Å². The first kappa shape index (κ1) is 24.5. The number of imide groups is 1. The summed E-state index contributed by atoms with van der Waals surface area (Å²) in [6.07, 6.45) is -0.0614. The summed E-state index contributed by atoms with van der Waals surface area (Å²) in [5.41, 5.74) is 0.445. The molecule has 0 heterocycles. The van der Waals surface area contributed by atoms with E-state index in [1.165, 1.54) is 24.3 Å². The Balaban J connectivity index is 2.23. The molecule has 0 unspecified atom stereocenters. The summed E-state index contributed by atoms with van der Waals surface area (Å²) in [5.74, 6) is -3.28. The van der Waals surface area contributed by atoms with E-state index in [9.17, 15) is 23.9 Å². The Morgan fingerprint density at radius 1 is 1.16 bits per heavy atom. The Hall–Kier alpha value is -3.72. The van der Waals surface area contributed by atoms with Crippen LogP contribution in [-0.4, -0.2) is 40.9 Å². The molecule has 0 aliphatic heterocycles. The molecular weight excluding hydrogens is 421 g/mol. The molecule has 2 aromatic carbocycles. The van der Waals surface area contributed by atoms with Crippen molar-refractivity contribution >= 4 is 18.0 Å². The van der Waals surface area contributed by atoms with Crippen LogP contribution in [0.4, 0.5) is 9.18 Å². The third-order valence-corrected chi connectivity index (χ3v) is 4.38. The number of alkyl carbamates (subject to hydrolysis) is 1. The van der Waals surface area contributed by atoms with Gasteiger partial charge in [0, 0.05) is 18.2 Å². The first-order valence-corrected chi connectivity index (χ1v) is 9.88. The highest BCUT2D eigenvalue weighted by Gasteiger charge is 2.29. The van der Waals surface area contributed by atoms with Gasteiger partial charge in [-0.15, -0.1) is 0 Å². The lowest BCUT2D eigenvalue weighted by atomic mass is 9.99. The highest BCUT2D eigenvalue weighted by atomic mass is 19.1. The van der Waals surface area contributed by atoms with Gasteiger partial charge in [0.15, 0.2) is 17.7 Å². The summed E-state index contributed by atoms with van der Waals surface area (Å²) in [4.78, 5) is 35.4. The number of nitrogens with one attached hydrogen (secondary N) is 1. The molecule has 3 N–H and O–H groups in total. The number of carboxylic acid groups (broad SMARTS) is 1. The Morgan fingerprint density at radius 2 is 1.88 bits per heavy atom. The van der Waals surface area contributed by atoms with Crippen molar-refractivity contribution < 1.29 is 38.5 Å². The van der Waals surface area contributed by atoms with Gasteiger partial charge in [0.25, 0.3) is 5.91 Å². The number of hydrogen-bond donors (Lipinski definition) is 3. The number of carboxylic acids is 1. The van der Waals surface area contributed by atoms with Gasteiger partial charge in [-0.3, -0.25) is 10.1 Å². The van der Waals surface area contributed by atoms with Crippen molar-refractivity contribution in [1.82, 2.24) is 5.32 Å². The lowest BCUT2D eigenvalue weighted by Crippen LogP contribution is -2.35. The zero-order valence-corrected chi connectivity index (χ0v) is 17.4. The number of halogens is 1. The number of aliphatic carboxylic acids is 1. The number of hydrogen-bond acceptors (Lipinski definition) is 6. The van der Waals surface area contributed by atoms with Crippen LogP contribution in [0.15, 0.2) is 60.7 Å². The van der Waals surface area contributed by atoms with Gasteiger partial charge in [0.05, 0.1) is 6.10 Å². The van der Waals surface area contributed by atoms with Crippen LogP contribution in [0.5, 0.6) is 5.75 Å². The molecule has 170 valence electrons. The molecule has 2 amide bonds. The smallest absolute Gasteiger partial charge is 0.414 e. The van der Waals surface area contributed by atoms with E-state index in [0.717, 1.165) is 18.2 Å². The molecule has 2 rings (SSSR count). The van der Waals surface area contributed by atoms with E-state index in [1.54, 1.807) is 25.1 Å². The van der Waals surface area contributed by atoms with Crippen LogP contribution in [-0.2, 0) is 14.3 Å². The lowest BCUT2D eigenvalue weighted by Gasteiger charge is -2.27. The maximum absolute atomic E-state index is 14.0. The first-order chi connectivity index (χ1) is 15.3. The topological polar surface area (TPSA) is 122 Å². The lowest BCUT2D eigenvalue weighted by molar-refractivity contribution is -0.131. The van der Waals surface area contributed by atoms with Crippen molar-refractivity contribution in [1.29, 1.82) is 0 Å². The van der Waals surface area contributed by atoms with Gasteiger partial charge in [0.2, 0.25) is 0 Å². The number of allylic oxidation sites excluding steroid dienone is 1. The van der Waals surface area contributed by atoms with Crippen LogP contribution in [0.25, 0.3) is 0 Å². The van der Waals surface area contributed by atoms with Crippen molar-refractivity contribution in [2.24, 2.45) is 0 Å². The van der Waals surface area contributed by atoms with Crippen LogP contribution in [0.3, 0.4) is 0 Å². The zero-order chi connectivity index (χ0) is 23.5. The van der Waals surface area contributed by atoms with E-state index in [4.69, 9.17) is 14.6 Å². The number of benzene rings is 2. The summed E-state index contributed by atoms with van der Waals surface area (Å²) >= 11 is 0. The second kappa shape index (κ2) is 12.2. The second-order valence-electron chi connectivity index (χ2n) is 6.67. The van der Waals surface area contributed by atoms with E-state index >= 15 is 0 Å². The number of carbonyl (C=O) groups excluding carboxylic acids is 2. The van der Waals surface area contributed by atoms with Crippen LogP contribution >= 0.6 is 0 Å². The SMILES string of the molecule is CCO[C@H](CC/C=C/C(=O)O)[C@H](OC(=O)NC(=O)c1ccccc1)c1ccc(O)c(F)c1. The predicted octanol–water partition coefficient (Wildman–Crippen LogP) is 3.97.